The van der Waals surface area contributed by atoms with E-state index in [1.54, 1.807) is 6.33 Å². The van der Waals surface area contributed by atoms with Crippen molar-refractivity contribution < 1.29 is 18.0 Å². The smallest absolute Gasteiger partial charge is 0.345 e. The first kappa shape index (κ1) is 12.7. The number of imidazole rings is 1. The molecule has 2 aliphatic rings. The van der Waals surface area contributed by atoms with E-state index in [1.165, 1.54) is 0 Å². The molecule has 21 heavy (non-hydrogen) atoms. The Morgan fingerprint density at radius 3 is 2.57 bits per heavy atom. The molecule has 2 heterocycles. The summed E-state index contributed by atoms with van der Waals surface area (Å²) < 4.78 is 37.8. The van der Waals surface area contributed by atoms with E-state index in [9.17, 15) is 18.0 Å². The fourth-order valence-corrected chi connectivity index (χ4v) is 3.62. The van der Waals surface area contributed by atoms with E-state index in [0.717, 1.165) is 33.5 Å². The number of benzene rings is 1. The highest BCUT2D eigenvalue weighted by Crippen LogP contribution is 2.47. The Hall–Kier alpha value is -2.05. The molecule has 0 radical (unpaired) electrons. The van der Waals surface area contributed by atoms with Crippen LogP contribution in [0.15, 0.2) is 18.5 Å². The number of nitrogens with one attached hydrogen (secondary N) is 1. The Balaban J connectivity index is 1.71. The normalized spacial score (nSPS) is 24.4. The van der Waals surface area contributed by atoms with Gasteiger partial charge in [-0.1, -0.05) is 0 Å². The van der Waals surface area contributed by atoms with Crippen LogP contribution in [0.4, 0.5) is 13.2 Å². The first-order valence-corrected chi connectivity index (χ1v) is 6.76. The summed E-state index contributed by atoms with van der Waals surface area (Å²) in [6.07, 6.45) is -2.38. The van der Waals surface area contributed by atoms with E-state index < -0.39 is 12.1 Å². The second-order valence-corrected chi connectivity index (χ2v) is 5.74. The second kappa shape index (κ2) is 3.99. The van der Waals surface area contributed by atoms with Crippen LogP contribution in [0.3, 0.4) is 0 Å². The van der Waals surface area contributed by atoms with E-state index in [4.69, 9.17) is 0 Å². The molecule has 1 aromatic carbocycles. The maximum atomic E-state index is 12.6. The zero-order chi connectivity index (χ0) is 14.8. The Bertz CT molecular complexity index is 691. The van der Waals surface area contributed by atoms with Gasteiger partial charge >= 0.3 is 12.1 Å². The van der Waals surface area contributed by atoms with Crippen molar-refractivity contribution in [1.29, 1.82) is 0 Å². The number of H-pyrrole nitrogens is 1. The van der Waals surface area contributed by atoms with Crippen molar-refractivity contribution >= 4 is 16.9 Å². The number of rotatable bonds is 0. The molecular formula is C14H12F3N3O. The van der Waals surface area contributed by atoms with Gasteiger partial charge in [-0.05, 0) is 29.7 Å². The summed E-state index contributed by atoms with van der Waals surface area (Å²) in [5.74, 6) is -1.77. The molecular weight excluding hydrogens is 283 g/mol. The lowest BCUT2D eigenvalue weighted by Crippen LogP contribution is -2.46. The van der Waals surface area contributed by atoms with Gasteiger partial charge in [0.25, 0.3) is 0 Å². The predicted octanol–water partition coefficient (Wildman–Crippen LogP) is 2.54. The number of likely N-dealkylation sites (tertiary alicyclic amines) is 1. The highest BCUT2D eigenvalue weighted by atomic mass is 19.4. The molecule has 1 aliphatic carbocycles. The Labute approximate surface area is 118 Å². The molecule has 110 valence electrons. The van der Waals surface area contributed by atoms with Crippen molar-refractivity contribution in [2.75, 3.05) is 13.1 Å². The van der Waals surface area contributed by atoms with Gasteiger partial charge in [-0.25, -0.2) is 4.98 Å². The fourth-order valence-electron chi connectivity index (χ4n) is 3.62. The van der Waals surface area contributed by atoms with E-state index in [2.05, 4.69) is 9.97 Å². The number of carbonyl (C=O) groups excluding carboxylic acids is 1. The SMILES string of the molecule is O=C(N1CC2CC(C1)c1cc3[nH]cnc3cc12)C(F)(F)F. The topological polar surface area (TPSA) is 49.0 Å². The number of amides is 1. The summed E-state index contributed by atoms with van der Waals surface area (Å²) in [7, 11) is 0. The van der Waals surface area contributed by atoms with Crippen LogP contribution >= 0.6 is 0 Å². The molecule has 2 atom stereocenters. The number of carbonyl (C=O) groups is 1. The van der Waals surface area contributed by atoms with Gasteiger partial charge in [-0.3, -0.25) is 4.79 Å². The number of aromatic amines is 1. The third kappa shape index (κ3) is 1.83. The van der Waals surface area contributed by atoms with Crippen molar-refractivity contribution in [2.24, 2.45) is 0 Å². The standard InChI is InChI=1S/C14H12F3N3O/c15-14(16,17)13(21)20-4-7-1-8(5-20)10-3-12-11(2-9(7)10)18-6-19-12/h2-3,6-8H,1,4-5H2,(H,18,19). The molecule has 0 saturated carbocycles. The summed E-state index contributed by atoms with van der Waals surface area (Å²) in [6.45, 7) is 0.277. The lowest BCUT2D eigenvalue weighted by Gasteiger charge is -2.32. The number of hydrogen-bond acceptors (Lipinski definition) is 2. The predicted molar refractivity (Wildman–Crippen MR) is 68.8 cm³/mol. The Morgan fingerprint density at radius 1 is 1.24 bits per heavy atom. The van der Waals surface area contributed by atoms with E-state index >= 15 is 0 Å². The molecule has 1 aliphatic heterocycles. The van der Waals surface area contributed by atoms with Crippen molar-refractivity contribution in [3.63, 3.8) is 0 Å². The number of aromatic nitrogens is 2. The summed E-state index contributed by atoms with van der Waals surface area (Å²) in [5, 5.41) is 0. The molecule has 1 aromatic heterocycles. The third-order valence-corrected chi connectivity index (χ3v) is 4.48. The number of halogens is 3. The summed E-state index contributed by atoms with van der Waals surface area (Å²) in [6, 6.07) is 3.90. The summed E-state index contributed by atoms with van der Waals surface area (Å²) in [5.41, 5.74) is 3.79. The molecule has 2 unspecified atom stereocenters. The van der Waals surface area contributed by atoms with Gasteiger partial charge in [0.1, 0.15) is 0 Å². The zero-order valence-electron chi connectivity index (χ0n) is 10.9. The van der Waals surface area contributed by atoms with Crippen molar-refractivity contribution in [2.45, 2.75) is 24.4 Å². The van der Waals surface area contributed by atoms with Crippen LogP contribution in [0, 0.1) is 0 Å². The lowest BCUT2D eigenvalue weighted by atomic mass is 9.95. The van der Waals surface area contributed by atoms with Crippen LogP contribution in [0.2, 0.25) is 0 Å². The largest absolute Gasteiger partial charge is 0.471 e. The van der Waals surface area contributed by atoms with Crippen molar-refractivity contribution in [3.8, 4) is 0 Å². The van der Waals surface area contributed by atoms with Gasteiger partial charge < -0.3 is 9.88 Å². The maximum Gasteiger partial charge on any atom is 0.471 e. The number of nitrogens with zero attached hydrogens (tertiary/aromatic N) is 2. The average molecular weight is 295 g/mol. The monoisotopic (exact) mass is 295 g/mol. The van der Waals surface area contributed by atoms with Crippen LogP contribution in [0.1, 0.15) is 29.4 Å². The molecule has 2 bridgehead atoms. The van der Waals surface area contributed by atoms with E-state index in [1.807, 2.05) is 12.1 Å². The number of piperidine rings is 1. The van der Waals surface area contributed by atoms with Gasteiger partial charge in [0.2, 0.25) is 0 Å². The molecule has 4 rings (SSSR count). The third-order valence-electron chi connectivity index (χ3n) is 4.48. The average Bonchev–Trinajstić information content (AvgIpc) is 2.99. The van der Waals surface area contributed by atoms with Gasteiger partial charge in [0.15, 0.2) is 0 Å². The number of fused-ring (bicyclic) bond motifs is 6. The fraction of sp³-hybridized carbons (Fsp3) is 0.429. The Morgan fingerprint density at radius 2 is 1.90 bits per heavy atom. The molecule has 0 spiro atoms. The Kier molecular flexibility index (Phi) is 2.41. The molecule has 1 fully saturated rings. The second-order valence-electron chi connectivity index (χ2n) is 5.74. The van der Waals surface area contributed by atoms with Crippen LogP contribution in [-0.2, 0) is 4.79 Å². The molecule has 1 N–H and O–H groups in total. The summed E-state index contributed by atoms with van der Waals surface area (Å²) in [4.78, 5) is 19.6. The van der Waals surface area contributed by atoms with E-state index in [0.29, 0.717) is 0 Å². The minimum Gasteiger partial charge on any atom is -0.345 e. The van der Waals surface area contributed by atoms with Gasteiger partial charge in [0, 0.05) is 24.9 Å². The van der Waals surface area contributed by atoms with Crippen molar-refractivity contribution in [3.05, 3.63) is 29.6 Å². The molecule has 1 amide bonds. The maximum absolute atomic E-state index is 12.6. The number of hydrogen-bond donors (Lipinski definition) is 1. The quantitative estimate of drug-likeness (QED) is 0.812. The first-order chi connectivity index (χ1) is 9.93. The lowest BCUT2D eigenvalue weighted by molar-refractivity contribution is -0.186. The van der Waals surface area contributed by atoms with Crippen LogP contribution < -0.4 is 0 Å². The number of alkyl halides is 3. The van der Waals surface area contributed by atoms with Crippen molar-refractivity contribution in [1.82, 2.24) is 14.9 Å². The van der Waals surface area contributed by atoms with Gasteiger partial charge in [-0.15, -0.1) is 0 Å². The van der Waals surface area contributed by atoms with Crippen LogP contribution in [0.25, 0.3) is 11.0 Å². The zero-order valence-corrected chi connectivity index (χ0v) is 10.9. The molecule has 4 nitrogen and oxygen atoms in total. The molecule has 2 aromatic rings. The van der Waals surface area contributed by atoms with Crippen LogP contribution in [0.5, 0.6) is 0 Å². The highest BCUT2D eigenvalue weighted by molar-refractivity contribution is 5.83. The minimum absolute atomic E-state index is 0.0160. The van der Waals surface area contributed by atoms with Gasteiger partial charge in [-0.2, -0.15) is 13.2 Å². The van der Waals surface area contributed by atoms with Gasteiger partial charge in [0.05, 0.1) is 17.4 Å². The summed E-state index contributed by atoms with van der Waals surface area (Å²) >= 11 is 0. The van der Waals surface area contributed by atoms with Crippen LogP contribution in [-0.4, -0.2) is 40.0 Å². The highest BCUT2D eigenvalue weighted by Gasteiger charge is 2.47. The van der Waals surface area contributed by atoms with E-state index in [-0.39, 0.29) is 24.9 Å². The minimum atomic E-state index is -4.80. The molecule has 7 heteroatoms. The first-order valence-electron chi connectivity index (χ1n) is 6.76. The molecule has 1 saturated heterocycles.